The first kappa shape index (κ1) is 20.7. The molecular formula is C27H24N4O2. The Balaban J connectivity index is 1.40. The average molecular weight is 437 g/mol. The highest BCUT2D eigenvalue weighted by atomic mass is 16.1. The number of nitrogens with one attached hydrogen (secondary N) is 1. The fourth-order valence-electron chi connectivity index (χ4n) is 4.10. The summed E-state index contributed by atoms with van der Waals surface area (Å²) in [5.74, 6) is -0.145. The van der Waals surface area contributed by atoms with Crippen LogP contribution >= 0.6 is 0 Å². The highest BCUT2D eigenvalue weighted by Gasteiger charge is 2.13. The summed E-state index contributed by atoms with van der Waals surface area (Å²) in [6.45, 7) is 2.91. The molecule has 5 rings (SSSR count). The molecule has 0 aliphatic rings. The van der Waals surface area contributed by atoms with Gasteiger partial charge in [-0.15, -0.1) is 0 Å². The monoisotopic (exact) mass is 436 g/mol. The lowest BCUT2D eigenvalue weighted by Gasteiger charge is -2.12. The minimum atomic E-state index is -0.145. The predicted octanol–water partition coefficient (Wildman–Crippen LogP) is 4.19. The normalized spacial score (nSPS) is 11.2. The first-order valence-corrected chi connectivity index (χ1v) is 11.0. The number of rotatable bonds is 6. The summed E-state index contributed by atoms with van der Waals surface area (Å²) in [5.41, 5.74) is 5.70. The molecule has 0 atom stereocenters. The van der Waals surface area contributed by atoms with Crippen molar-refractivity contribution in [2.24, 2.45) is 0 Å². The fraction of sp³-hybridized carbons (Fsp3) is 0.148. The van der Waals surface area contributed by atoms with Gasteiger partial charge < -0.3 is 9.72 Å². The number of aryl methyl sites for hydroxylation is 1. The summed E-state index contributed by atoms with van der Waals surface area (Å²) < 4.78 is 3.52. The molecule has 0 fully saturated rings. The van der Waals surface area contributed by atoms with Gasteiger partial charge in [-0.05, 0) is 59.5 Å². The molecule has 164 valence electrons. The molecule has 0 radical (unpaired) electrons. The lowest BCUT2D eigenvalue weighted by Crippen LogP contribution is -2.25. The number of hydrogen-bond acceptors (Lipinski definition) is 3. The summed E-state index contributed by atoms with van der Waals surface area (Å²) in [5, 5.41) is 2.98. The average Bonchev–Trinajstić information content (AvgIpc) is 3.36. The van der Waals surface area contributed by atoms with Gasteiger partial charge in [-0.2, -0.15) is 0 Å². The molecule has 0 aliphatic carbocycles. The summed E-state index contributed by atoms with van der Waals surface area (Å²) in [4.78, 5) is 30.4. The molecule has 5 aromatic rings. The van der Waals surface area contributed by atoms with Crippen molar-refractivity contribution in [2.75, 3.05) is 0 Å². The van der Waals surface area contributed by atoms with Crippen LogP contribution in [0.3, 0.4) is 0 Å². The van der Waals surface area contributed by atoms with Crippen LogP contribution in [0.4, 0.5) is 0 Å². The Hall–Kier alpha value is -4.19. The lowest BCUT2D eigenvalue weighted by atomic mass is 10.1. The van der Waals surface area contributed by atoms with Crippen molar-refractivity contribution >= 4 is 22.6 Å². The van der Waals surface area contributed by atoms with Gasteiger partial charge in [0.1, 0.15) is 5.52 Å². The number of carbonyl (C=O) groups excluding carboxylic acids is 1. The molecule has 0 bridgehead atoms. The Labute approximate surface area is 191 Å². The van der Waals surface area contributed by atoms with E-state index in [1.807, 2.05) is 65.2 Å². The molecule has 0 saturated heterocycles. The highest BCUT2D eigenvalue weighted by Crippen LogP contribution is 2.15. The molecule has 0 saturated carbocycles. The van der Waals surface area contributed by atoms with Gasteiger partial charge in [-0.25, -0.2) is 4.98 Å². The van der Waals surface area contributed by atoms with Crippen molar-refractivity contribution in [3.8, 4) is 0 Å². The van der Waals surface area contributed by atoms with Crippen LogP contribution in [0.15, 0.2) is 90.0 Å². The van der Waals surface area contributed by atoms with E-state index in [4.69, 9.17) is 0 Å². The SMILES string of the molecule is CCc1ccc(CNC(=O)c2cccc(Cn3c(=O)c4cccn4c4cccnc43)c2)cc1. The summed E-state index contributed by atoms with van der Waals surface area (Å²) in [6.07, 6.45) is 4.54. The van der Waals surface area contributed by atoms with Crippen molar-refractivity contribution in [1.29, 1.82) is 0 Å². The van der Waals surface area contributed by atoms with E-state index in [0.717, 1.165) is 23.1 Å². The van der Waals surface area contributed by atoms with Crippen molar-refractivity contribution in [1.82, 2.24) is 19.3 Å². The number of pyridine rings is 1. The molecule has 33 heavy (non-hydrogen) atoms. The zero-order chi connectivity index (χ0) is 22.8. The minimum Gasteiger partial charge on any atom is -0.348 e. The topological polar surface area (TPSA) is 68.4 Å². The maximum Gasteiger partial charge on any atom is 0.276 e. The second kappa shape index (κ2) is 8.74. The van der Waals surface area contributed by atoms with Crippen molar-refractivity contribution in [3.63, 3.8) is 0 Å². The lowest BCUT2D eigenvalue weighted by molar-refractivity contribution is 0.0951. The van der Waals surface area contributed by atoms with E-state index in [9.17, 15) is 9.59 Å². The van der Waals surface area contributed by atoms with Crippen LogP contribution in [0.25, 0.3) is 16.7 Å². The molecule has 6 nitrogen and oxygen atoms in total. The number of nitrogens with zero attached hydrogens (tertiary/aromatic N) is 3. The van der Waals surface area contributed by atoms with Gasteiger partial charge in [0.2, 0.25) is 0 Å². The van der Waals surface area contributed by atoms with Crippen LogP contribution in [0.5, 0.6) is 0 Å². The van der Waals surface area contributed by atoms with Crippen molar-refractivity contribution in [2.45, 2.75) is 26.4 Å². The molecule has 6 heteroatoms. The second-order valence-electron chi connectivity index (χ2n) is 8.05. The maximum absolute atomic E-state index is 13.2. The van der Waals surface area contributed by atoms with E-state index >= 15 is 0 Å². The molecule has 0 spiro atoms. The quantitative estimate of drug-likeness (QED) is 0.434. The number of carbonyl (C=O) groups is 1. The standard InChI is InChI=1S/C27H24N4O2/c1-2-19-10-12-20(13-11-19)17-29-26(32)22-7-3-6-21(16-22)18-31-25-23(8-4-14-28-25)30-15-5-9-24(30)27(31)33/h3-16H,2,17-18H2,1H3,(H,29,32). The van der Waals surface area contributed by atoms with Gasteiger partial charge in [0.05, 0.1) is 12.1 Å². The van der Waals surface area contributed by atoms with Gasteiger partial charge in [-0.1, -0.05) is 43.3 Å². The molecule has 2 aromatic carbocycles. The van der Waals surface area contributed by atoms with Crippen LogP contribution in [0.1, 0.15) is 34.0 Å². The maximum atomic E-state index is 13.2. The van der Waals surface area contributed by atoms with Gasteiger partial charge in [0.25, 0.3) is 11.5 Å². The van der Waals surface area contributed by atoms with E-state index < -0.39 is 0 Å². The Morgan fingerprint density at radius 3 is 2.52 bits per heavy atom. The van der Waals surface area contributed by atoms with Crippen molar-refractivity contribution < 1.29 is 4.79 Å². The number of amides is 1. The molecule has 3 aromatic heterocycles. The van der Waals surface area contributed by atoms with Crippen LogP contribution in [0.2, 0.25) is 0 Å². The smallest absolute Gasteiger partial charge is 0.276 e. The van der Waals surface area contributed by atoms with Gasteiger partial charge in [0.15, 0.2) is 5.65 Å². The number of benzene rings is 2. The molecule has 0 aliphatic heterocycles. The number of hydrogen-bond donors (Lipinski definition) is 1. The Morgan fingerprint density at radius 2 is 1.70 bits per heavy atom. The Kier molecular flexibility index (Phi) is 5.48. The highest BCUT2D eigenvalue weighted by molar-refractivity contribution is 5.94. The molecular weight excluding hydrogens is 412 g/mol. The third-order valence-electron chi connectivity index (χ3n) is 5.91. The minimum absolute atomic E-state index is 0.114. The molecule has 1 N–H and O–H groups in total. The third-order valence-corrected chi connectivity index (χ3v) is 5.91. The number of fused-ring (bicyclic) bond motifs is 3. The van der Waals surface area contributed by atoms with Gasteiger partial charge >= 0.3 is 0 Å². The van der Waals surface area contributed by atoms with Crippen molar-refractivity contribution in [3.05, 3.63) is 118 Å². The fourth-order valence-corrected chi connectivity index (χ4v) is 4.10. The van der Waals surface area contributed by atoms with E-state index in [0.29, 0.717) is 29.8 Å². The third kappa shape index (κ3) is 4.03. The largest absolute Gasteiger partial charge is 0.348 e. The second-order valence-corrected chi connectivity index (χ2v) is 8.05. The molecule has 3 heterocycles. The van der Waals surface area contributed by atoms with E-state index in [1.54, 1.807) is 16.8 Å². The first-order valence-electron chi connectivity index (χ1n) is 11.0. The summed E-state index contributed by atoms with van der Waals surface area (Å²) >= 11 is 0. The molecule has 0 unspecified atom stereocenters. The molecule has 1 amide bonds. The number of aromatic nitrogens is 3. The van der Waals surface area contributed by atoms with Crippen LogP contribution in [-0.4, -0.2) is 19.9 Å². The summed E-state index contributed by atoms with van der Waals surface area (Å²) in [7, 11) is 0. The van der Waals surface area contributed by atoms with E-state index in [2.05, 4.69) is 29.4 Å². The zero-order valence-electron chi connectivity index (χ0n) is 18.4. The van der Waals surface area contributed by atoms with Crippen LogP contribution in [0, 0.1) is 0 Å². The van der Waals surface area contributed by atoms with E-state index in [1.165, 1.54) is 5.56 Å². The van der Waals surface area contributed by atoms with Gasteiger partial charge in [-0.3, -0.25) is 14.2 Å². The summed E-state index contributed by atoms with van der Waals surface area (Å²) in [6, 6.07) is 23.1. The Morgan fingerprint density at radius 1 is 0.909 bits per heavy atom. The van der Waals surface area contributed by atoms with E-state index in [-0.39, 0.29) is 11.5 Å². The first-order chi connectivity index (χ1) is 16.1. The predicted molar refractivity (Wildman–Crippen MR) is 129 cm³/mol. The Bertz CT molecular complexity index is 1510. The van der Waals surface area contributed by atoms with Crippen LogP contribution in [-0.2, 0) is 19.5 Å². The zero-order valence-corrected chi connectivity index (χ0v) is 18.4. The van der Waals surface area contributed by atoms with Crippen LogP contribution < -0.4 is 10.9 Å². The van der Waals surface area contributed by atoms with Gasteiger partial charge in [0, 0.05) is 24.5 Å².